The molecule has 156 valence electrons. The van der Waals surface area contributed by atoms with E-state index in [4.69, 9.17) is 35.4 Å². The summed E-state index contributed by atoms with van der Waals surface area (Å²) in [6, 6.07) is 12.8. The van der Waals surface area contributed by atoms with Gasteiger partial charge in [-0.2, -0.15) is 0 Å². The highest BCUT2D eigenvalue weighted by molar-refractivity contribution is 7.80. The van der Waals surface area contributed by atoms with Gasteiger partial charge in [-0.1, -0.05) is 65.7 Å². The fraction of sp³-hybridized carbons (Fsp3) is 0.190. The molecule has 0 saturated heterocycles. The molecule has 0 bridgehead atoms. The maximum atomic E-state index is 13.4. The zero-order valence-electron chi connectivity index (χ0n) is 16.2. The molecule has 1 aliphatic rings. The van der Waals surface area contributed by atoms with Gasteiger partial charge in [-0.25, -0.2) is 9.59 Å². The first kappa shape index (κ1) is 22.1. The molecular weight excluding hydrogens is 445 g/mol. The van der Waals surface area contributed by atoms with Crippen molar-refractivity contribution in [3.8, 4) is 0 Å². The SMILES string of the molecule is CC1=C(C(=O)O)C(c2cccc(Cl)c2Cl)N(C(=O)N(C)Cc2ccccc2)C(=S)N1. The summed E-state index contributed by atoms with van der Waals surface area (Å²) >= 11 is 18.0. The summed E-state index contributed by atoms with van der Waals surface area (Å²) in [4.78, 5) is 28.2. The first-order valence-electron chi connectivity index (χ1n) is 8.99. The fourth-order valence-electron chi connectivity index (χ4n) is 3.35. The zero-order valence-corrected chi connectivity index (χ0v) is 18.6. The average molecular weight is 464 g/mol. The number of amides is 2. The van der Waals surface area contributed by atoms with Gasteiger partial charge < -0.3 is 15.3 Å². The van der Waals surface area contributed by atoms with Gasteiger partial charge in [0.25, 0.3) is 0 Å². The van der Waals surface area contributed by atoms with Crippen LogP contribution in [-0.2, 0) is 11.3 Å². The van der Waals surface area contributed by atoms with Gasteiger partial charge >= 0.3 is 12.0 Å². The number of urea groups is 1. The van der Waals surface area contributed by atoms with Gasteiger partial charge in [0.05, 0.1) is 15.6 Å². The Morgan fingerprint density at radius 3 is 2.47 bits per heavy atom. The lowest BCUT2D eigenvalue weighted by atomic mass is 9.94. The molecule has 0 spiro atoms. The molecule has 0 radical (unpaired) electrons. The Bertz CT molecular complexity index is 1040. The normalized spacial score (nSPS) is 16.3. The number of thiocarbonyl (C=S) groups is 1. The van der Waals surface area contributed by atoms with Crippen molar-refractivity contribution in [1.29, 1.82) is 0 Å². The third-order valence-corrected chi connectivity index (χ3v) is 5.88. The highest BCUT2D eigenvalue weighted by Gasteiger charge is 2.41. The highest BCUT2D eigenvalue weighted by atomic mass is 35.5. The Hall–Kier alpha value is -2.61. The van der Waals surface area contributed by atoms with E-state index in [0.717, 1.165) is 5.56 Å². The number of benzene rings is 2. The molecule has 0 saturated carbocycles. The van der Waals surface area contributed by atoms with Gasteiger partial charge in [-0.15, -0.1) is 0 Å². The molecule has 1 atom stereocenters. The number of nitrogens with zero attached hydrogens (tertiary/aromatic N) is 2. The average Bonchev–Trinajstić information content (AvgIpc) is 2.69. The van der Waals surface area contributed by atoms with Crippen LogP contribution in [0.4, 0.5) is 4.79 Å². The smallest absolute Gasteiger partial charge is 0.335 e. The molecule has 1 unspecified atom stereocenters. The standard InChI is InChI=1S/C21H19Cl2N3O3S/c1-12-16(19(27)28)18(14-9-6-10-15(22)17(14)23)26(20(30)24-12)21(29)25(2)11-13-7-4-3-5-8-13/h3-10,18H,11H2,1-2H3,(H,24,30)(H,27,28). The van der Waals surface area contributed by atoms with E-state index in [2.05, 4.69) is 5.32 Å². The second-order valence-corrected chi connectivity index (χ2v) is 7.99. The quantitative estimate of drug-likeness (QED) is 0.634. The monoisotopic (exact) mass is 463 g/mol. The second-order valence-electron chi connectivity index (χ2n) is 6.81. The number of carbonyl (C=O) groups is 2. The predicted molar refractivity (Wildman–Crippen MR) is 120 cm³/mol. The second kappa shape index (κ2) is 9.04. The molecule has 30 heavy (non-hydrogen) atoms. The van der Waals surface area contributed by atoms with E-state index in [1.165, 1.54) is 9.80 Å². The Balaban J connectivity index is 2.08. The van der Waals surface area contributed by atoms with Crippen molar-refractivity contribution in [2.75, 3.05) is 7.05 Å². The van der Waals surface area contributed by atoms with Crippen LogP contribution in [0.2, 0.25) is 10.0 Å². The van der Waals surface area contributed by atoms with Gasteiger partial charge in [0.2, 0.25) is 0 Å². The van der Waals surface area contributed by atoms with Crippen LogP contribution in [0.5, 0.6) is 0 Å². The molecule has 2 aromatic carbocycles. The van der Waals surface area contributed by atoms with E-state index < -0.39 is 18.0 Å². The number of carbonyl (C=O) groups excluding carboxylic acids is 1. The highest BCUT2D eigenvalue weighted by Crippen LogP contribution is 2.40. The third kappa shape index (κ3) is 4.28. The minimum absolute atomic E-state index is 0.0331. The number of aliphatic carboxylic acids is 1. The molecule has 2 amide bonds. The summed E-state index contributed by atoms with van der Waals surface area (Å²) in [7, 11) is 1.63. The molecule has 9 heteroatoms. The summed E-state index contributed by atoms with van der Waals surface area (Å²) in [6.07, 6.45) is 0. The number of allylic oxidation sites excluding steroid dienone is 1. The number of carboxylic acids is 1. The van der Waals surface area contributed by atoms with Crippen LogP contribution >= 0.6 is 35.4 Å². The van der Waals surface area contributed by atoms with E-state index >= 15 is 0 Å². The van der Waals surface area contributed by atoms with Crippen LogP contribution in [0.25, 0.3) is 0 Å². The van der Waals surface area contributed by atoms with Crippen molar-refractivity contribution in [3.63, 3.8) is 0 Å². The van der Waals surface area contributed by atoms with Crippen molar-refractivity contribution >= 4 is 52.5 Å². The van der Waals surface area contributed by atoms with E-state index in [1.807, 2.05) is 30.3 Å². The molecule has 0 aliphatic carbocycles. The molecule has 2 aromatic rings. The summed E-state index contributed by atoms with van der Waals surface area (Å²) in [6.45, 7) is 1.91. The number of rotatable bonds is 4. The maximum Gasteiger partial charge on any atom is 0.335 e. The minimum atomic E-state index is -1.19. The van der Waals surface area contributed by atoms with Gasteiger partial charge in [0.1, 0.15) is 6.04 Å². The number of nitrogens with one attached hydrogen (secondary N) is 1. The van der Waals surface area contributed by atoms with E-state index in [1.54, 1.807) is 32.2 Å². The van der Waals surface area contributed by atoms with Crippen LogP contribution in [0.1, 0.15) is 24.1 Å². The summed E-state index contributed by atoms with van der Waals surface area (Å²) in [5.74, 6) is -1.19. The Morgan fingerprint density at radius 1 is 1.17 bits per heavy atom. The van der Waals surface area contributed by atoms with Crippen LogP contribution in [0, 0.1) is 0 Å². The van der Waals surface area contributed by atoms with Crippen molar-refractivity contribution in [1.82, 2.24) is 15.1 Å². The molecule has 2 N–H and O–H groups in total. The molecule has 6 nitrogen and oxygen atoms in total. The maximum absolute atomic E-state index is 13.4. The van der Waals surface area contributed by atoms with Gasteiger partial charge in [0.15, 0.2) is 5.11 Å². The molecule has 3 rings (SSSR count). The lowest BCUT2D eigenvalue weighted by Gasteiger charge is -2.40. The van der Waals surface area contributed by atoms with Gasteiger partial charge in [0, 0.05) is 24.9 Å². The van der Waals surface area contributed by atoms with Crippen molar-refractivity contribution in [3.05, 3.63) is 81.0 Å². The van der Waals surface area contributed by atoms with Crippen LogP contribution in [0.3, 0.4) is 0 Å². The number of halogens is 2. The minimum Gasteiger partial charge on any atom is -0.478 e. The van der Waals surface area contributed by atoms with E-state index in [9.17, 15) is 14.7 Å². The van der Waals surface area contributed by atoms with Gasteiger partial charge in [-0.05, 0) is 30.8 Å². The lowest BCUT2D eigenvalue weighted by Crippen LogP contribution is -2.54. The van der Waals surface area contributed by atoms with Crippen molar-refractivity contribution < 1.29 is 14.7 Å². The number of hydrogen-bond acceptors (Lipinski definition) is 3. The Kier molecular flexibility index (Phi) is 6.65. The molecule has 0 aromatic heterocycles. The summed E-state index contributed by atoms with van der Waals surface area (Å²) in [5, 5.41) is 13.2. The number of carboxylic acid groups (broad SMARTS) is 1. The molecule has 1 aliphatic heterocycles. The third-order valence-electron chi connectivity index (χ3n) is 4.75. The first-order chi connectivity index (χ1) is 14.2. The van der Waals surface area contributed by atoms with E-state index in [-0.39, 0.29) is 20.7 Å². The van der Waals surface area contributed by atoms with E-state index in [0.29, 0.717) is 17.8 Å². The van der Waals surface area contributed by atoms with Crippen LogP contribution in [-0.4, -0.2) is 39.1 Å². The molecule has 1 heterocycles. The first-order valence-corrected chi connectivity index (χ1v) is 10.2. The Morgan fingerprint density at radius 2 is 1.83 bits per heavy atom. The zero-order chi connectivity index (χ0) is 22.0. The largest absolute Gasteiger partial charge is 0.478 e. The fourth-order valence-corrected chi connectivity index (χ4v) is 4.10. The predicted octanol–water partition coefficient (Wildman–Crippen LogP) is 4.84. The summed E-state index contributed by atoms with van der Waals surface area (Å²) in [5.41, 5.74) is 1.61. The van der Waals surface area contributed by atoms with Crippen LogP contribution in [0.15, 0.2) is 59.8 Å². The van der Waals surface area contributed by atoms with Gasteiger partial charge in [-0.3, -0.25) is 4.90 Å². The molecule has 0 fully saturated rings. The lowest BCUT2D eigenvalue weighted by molar-refractivity contribution is -0.133. The molecular formula is C21H19Cl2N3O3S. The topological polar surface area (TPSA) is 72.9 Å². The summed E-state index contributed by atoms with van der Waals surface area (Å²) < 4.78 is 0. The van der Waals surface area contributed by atoms with Crippen molar-refractivity contribution in [2.24, 2.45) is 0 Å². The van der Waals surface area contributed by atoms with Crippen molar-refractivity contribution in [2.45, 2.75) is 19.5 Å². The number of hydrogen-bond donors (Lipinski definition) is 2. The van der Waals surface area contributed by atoms with Crippen LogP contribution < -0.4 is 5.32 Å². The Labute approximate surface area is 189 Å².